The summed E-state index contributed by atoms with van der Waals surface area (Å²) < 4.78 is 4.54. The molecule has 3 fully saturated rings. The van der Waals surface area contributed by atoms with E-state index in [1.54, 1.807) is 49.1 Å². The zero-order valence-corrected chi connectivity index (χ0v) is 22.2. The Kier molecular flexibility index (Phi) is 7.39. The first-order valence-electron chi connectivity index (χ1n) is 11.3. The average Bonchev–Trinajstić information content (AvgIpc) is 3.41. The number of thioether (sulfide) groups is 1. The van der Waals surface area contributed by atoms with E-state index in [-0.39, 0.29) is 41.6 Å². The number of ether oxygens (including phenoxy) is 1. The van der Waals surface area contributed by atoms with Crippen LogP contribution in [-0.4, -0.2) is 74.5 Å². The van der Waals surface area contributed by atoms with Gasteiger partial charge in [-0.2, -0.15) is 0 Å². The monoisotopic (exact) mass is 570 g/mol. The number of carbonyl (C=O) groups excluding carboxylic acids is 3. The van der Waals surface area contributed by atoms with Gasteiger partial charge in [0, 0.05) is 27.3 Å². The Morgan fingerprint density at radius 1 is 1.44 bits per heavy atom. The molecule has 3 unspecified atom stereocenters. The number of alkyl halides is 1. The highest BCUT2D eigenvalue weighted by molar-refractivity contribution is 9.09. The number of aliphatic hydroxyl groups is 1. The fourth-order valence-electron chi connectivity index (χ4n) is 5.64. The molecule has 4 rings (SSSR count). The van der Waals surface area contributed by atoms with Gasteiger partial charge < -0.3 is 19.6 Å². The summed E-state index contributed by atoms with van der Waals surface area (Å²) >= 11 is 11.3. The molecule has 2 bridgehead atoms. The van der Waals surface area contributed by atoms with Crippen LogP contribution in [-0.2, 0) is 19.1 Å². The number of rotatable bonds is 8. The van der Waals surface area contributed by atoms with Crippen molar-refractivity contribution in [3.63, 3.8) is 0 Å². The molecule has 3 aliphatic heterocycles. The minimum absolute atomic E-state index is 0.0426. The molecule has 184 valence electrons. The van der Waals surface area contributed by atoms with Gasteiger partial charge in [0.1, 0.15) is 6.04 Å². The van der Waals surface area contributed by atoms with Crippen LogP contribution in [0.4, 0.5) is 5.69 Å². The minimum Gasteiger partial charge on any atom is -0.466 e. The highest BCUT2D eigenvalue weighted by Gasteiger charge is 2.76. The standard InChI is InChI=1S/C24H28BrClN2O5S/c1-4-10-27(15-8-6-14(26)7-9-15)22(31)20-24-11-16(25)19(34-24)17(23(32)33-5-2)18(24)21(30)28(20)13(3)12-29/h4,6-9,13,16-20,29H,1,5,10-12H2,2-3H3/t13-,16?,17+,18+,19+,20?,24?/m1/s1. The van der Waals surface area contributed by atoms with Crippen LogP contribution in [0.1, 0.15) is 20.3 Å². The Morgan fingerprint density at radius 2 is 2.12 bits per heavy atom. The number of aliphatic hydroxyl groups excluding tert-OH is 1. The van der Waals surface area contributed by atoms with Crippen LogP contribution >= 0.6 is 39.3 Å². The molecule has 1 N–H and O–H groups in total. The van der Waals surface area contributed by atoms with Crippen molar-refractivity contribution in [2.45, 2.75) is 47.2 Å². The van der Waals surface area contributed by atoms with Gasteiger partial charge in [0.15, 0.2) is 0 Å². The lowest BCUT2D eigenvalue weighted by Gasteiger charge is -2.39. The van der Waals surface area contributed by atoms with Gasteiger partial charge in [-0.15, -0.1) is 18.3 Å². The highest BCUT2D eigenvalue weighted by atomic mass is 79.9. The van der Waals surface area contributed by atoms with Crippen molar-refractivity contribution >= 4 is 62.8 Å². The van der Waals surface area contributed by atoms with E-state index in [1.165, 1.54) is 16.7 Å². The van der Waals surface area contributed by atoms with E-state index < -0.39 is 34.6 Å². The molecule has 1 aromatic rings. The summed E-state index contributed by atoms with van der Waals surface area (Å²) in [4.78, 5) is 44.1. The Bertz CT molecular complexity index is 994. The average molecular weight is 572 g/mol. The summed E-state index contributed by atoms with van der Waals surface area (Å²) in [6.07, 6.45) is 2.19. The number of hydrogen-bond acceptors (Lipinski definition) is 6. The molecule has 7 nitrogen and oxygen atoms in total. The van der Waals surface area contributed by atoms with Crippen LogP contribution in [0.25, 0.3) is 0 Å². The van der Waals surface area contributed by atoms with Crippen molar-refractivity contribution in [1.29, 1.82) is 0 Å². The first-order chi connectivity index (χ1) is 16.2. The van der Waals surface area contributed by atoms with Crippen LogP contribution in [0.5, 0.6) is 0 Å². The van der Waals surface area contributed by atoms with Crippen molar-refractivity contribution in [2.24, 2.45) is 11.8 Å². The Balaban J connectivity index is 1.81. The lowest BCUT2D eigenvalue weighted by Crippen LogP contribution is -2.57. The number of nitrogens with zero attached hydrogens (tertiary/aromatic N) is 2. The van der Waals surface area contributed by atoms with Crippen LogP contribution in [0.15, 0.2) is 36.9 Å². The predicted octanol–water partition coefficient (Wildman–Crippen LogP) is 3.27. The third-order valence-electron chi connectivity index (χ3n) is 6.97. The molecular formula is C24H28BrClN2O5S. The third-order valence-corrected chi connectivity index (χ3v) is 10.4. The predicted molar refractivity (Wildman–Crippen MR) is 136 cm³/mol. The lowest BCUT2D eigenvalue weighted by atomic mass is 9.71. The molecule has 3 saturated heterocycles. The molecule has 0 radical (unpaired) electrons. The summed E-state index contributed by atoms with van der Waals surface area (Å²) in [5.41, 5.74) is 0.632. The Morgan fingerprint density at radius 3 is 2.71 bits per heavy atom. The first kappa shape index (κ1) is 25.5. The van der Waals surface area contributed by atoms with E-state index in [0.717, 1.165) is 0 Å². The van der Waals surface area contributed by atoms with Crippen LogP contribution in [0.3, 0.4) is 0 Å². The number of anilines is 1. The van der Waals surface area contributed by atoms with Crippen LogP contribution in [0.2, 0.25) is 5.02 Å². The van der Waals surface area contributed by atoms with Gasteiger partial charge in [0.05, 0.1) is 35.8 Å². The fraction of sp³-hybridized carbons (Fsp3) is 0.542. The van der Waals surface area contributed by atoms with E-state index in [4.69, 9.17) is 16.3 Å². The van der Waals surface area contributed by atoms with E-state index >= 15 is 0 Å². The van der Waals surface area contributed by atoms with Crippen molar-refractivity contribution in [3.05, 3.63) is 41.9 Å². The molecular weight excluding hydrogens is 544 g/mol. The van der Waals surface area contributed by atoms with E-state index in [1.807, 2.05) is 0 Å². The molecule has 1 aromatic carbocycles. The Labute approximate surface area is 216 Å². The number of benzene rings is 1. The fourth-order valence-corrected chi connectivity index (χ4v) is 9.34. The summed E-state index contributed by atoms with van der Waals surface area (Å²) in [7, 11) is 0. The van der Waals surface area contributed by atoms with Crippen LogP contribution < -0.4 is 4.90 Å². The zero-order valence-electron chi connectivity index (χ0n) is 19.0. The molecule has 0 saturated carbocycles. The minimum atomic E-state index is -0.850. The second kappa shape index (κ2) is 9.84. The zero-order chi connectivity index (χ0) is 24.8. The number of amides is 2. The smallest absolute Gasteiger partial charge is 0.310 e. The van der Waals surface area contributed by atoms with Crippen molar-refractivity contribution in [2.75, 3.05) is 24.7 Å². The van der Waals surface area contributed by atoms with Crippen molar-refractivity contribution < 1.29 is 24.2 Å². The maximum Gasteiger partial charge on any atom is 0.310 e. The quantitative estimate of drug-likeness (QED) is 0.293. The second-order valence-corrected chi connectivity index (χ2v) is 12.1. The van der Waals surface area contributed by atoms with Gasteiger partial charge >= 0.3 is 5.97 Å². The maximum absolute atomic E-state index is 14.3. The number of hydrogen-bond donors (Lipinski definition) is 1. The topological polar surface area (TPSA) is 87.2 Å². The number of fused-ring (bicyclic) bond motifs is 1. The molecule has 1 spiro atoms. The van der Waals surface area contributed by atoms with Gasteiger partial charge in [-0.1, -0.05) is 33.6 Å². The van der Waals surface area contributed by atoms with Gasteiger partial charge in [-0.25, -0.2) is 0 Å². The van der Waals surface area contributed by atoms with E-state index in [2.05, 4.69) is 22.5 Å². The van der Waals surface area contributed by atoms with Gasteiger partial charge in [-0.05, 0) is 44.5 Å². The van der Waals surface area contributed by atoms with Gasteiger partial charge in [0.2, 0.25) is 5.91 Å². The maximum atomic E-state index is 14.3. The van der Waals surface area contributed by atoms with Crippen molar-refractivity contribution in [1.82, 2.24) is 4.90 Å². The van der Waals surface area contributed by atoms with Gasteiger partial charge in [-0.3, -0.25) is 14.4 Å². The Hall–Kier alpha value is -1.55. The number of halogens is 2. The SMILES string of the molecule is C=CCN(C(=O)C1N([C@H](C)CO)C(=O)[C@@H]2[C@H](C(=O)OCC)[C@H]3SC12CC3Br)c1ccc(Cl)cc1. The summed E-state index contributed by atoms with van der Waals surface area (Å²) in [6.45, 7) is 7.42. The van der Waals surface area contributed by atoms with E-state index in [9.17, 15) is 19.5 Å². The molecule has 3 heterocycles. The van der Waals surface area contributed by atoms with Crippen molar-refractivity contribution in [3.8, 4) is 0 Å². The van der Waals surface area contributed by atoms with Crippen LogP contribution in [0, 0.1) is 11.8 Å². The third kappa shape index (κ3) is 3.88. The molecule has 3 aliphatic rings. The summed E-state index contributed by atoms with van der Waals surface area (Å²) in [5.74, 6) is -2.29. The second-order valence-electron chi connectivity index (χ2n) is 8.91. The van der Waals surface area contributed by atoms with Gasteiger partial charge in [0.25, 0.3) is 5.91 Å². The lowest BCUT2D eigenvalue weighted by molar-refractivity contribution is -0.154. The summed E-state index contributed by atoms with van der Waals surface area (Å²) in [6, 6.07) is 5.48. The number of likely N-dealkylation sites (tertiary alicyclic amines) is 1. The normalized spacial score (nSPS) is 32.4. The highest BCUT2D eigenvalue weighted by Crippen LogP contribution is 2.68. The molecule has 0 aromatic heterocycles. The number of carbonyl (C=O) groups is 3. The summed E-state index contributed by atoms with van der Waals surface area (Å²) in [5, 5.41) is 10.4. The molecule has 7 atom stereocenters. The first-order valence-corrected chi connectivity index (χ1v) is 13.5. The van der Waals surface area contributed by atoms with E-state index in [0.29, 0.717) is 17.1 Å². The number of esters is 1. The molecule has 2 amide bonds. The largest absolute Gasteiger partial charge is 0.466 e. The molecule has 34 heavy (non-hydrogen) atoms. The molecule has 10 heteroatoms. The molecule has 0 aliphatic carbocycles.